The van der Waals surface area contributed by atoms with Crippen molar-refractivity contribution in [3.05, 3.63) is 181 Å². The van der Waals surface area contributed by atoms with Gasteiger partial charge in [-0.2, -0.15) is 9.97 Å². The lowest BCUT2D eigenvalue weighted by Crippen LogP contribution is -2.10. The first-order valence-corrected chi connectivity index (χ1v) is 17.7. The fraction of sp³-hybridized carbons (Fsp3) is 0.0426. The number of hydrogen-bond acceptors (Lipinski definition) is 5. The van der Waals surface area contributed by atoms with Gasteiger partial charge in [-0.15, -0.1) is 0 Å². The smallest absolute Gasteiger partial charge is 0.238 e. The molecule has 0 aliphatic heterocycles. The predicted octanol–water partition coefficient (Wildman–Crippen LogP) is 11.8. The van der Waals surface area contributed by atoms with E-state index in [1.807, 2.05) is 72.8 Å². The molecule has 0 saturated heterocycles. The summed E-state index contributed by atoms with van der Waals surface area (Å²) in [6.07, 6.45) is 0. The zero-order valence-corrected chi connectivity index (χ0v) is 29.4. The molecule has 0 spiro atoms. The van der Waals surface area contributed by atoms with Crippen LogP contribution in [0.25, 0.3) is 61.7 Å². The first-order chi connectivity index (χ1) is 26.2. The second-order valence-electron chi connectivity index (χ2n) is 12.9. The van der Waals surface area contributed by atoms with Gasteiger partial charge in [0.05, 0.1) is 23.8 Å². The lowest BCUT2D eigenvalue weighted by Gasteiger charge is -2.27. The number of ether oxygens (including phenoxy) is 1. The molecule has 0 bridgehead atoms. The summed E-state index contributed by atoms with van der Waals surface area (Å²) in [6.45, 7) is 2.15. The molecule has 0 amide bonds. The zero-order chi connectivity index (χ0) is 35.7. The SMILES string of the molecule is COc1ccc(N(c2ccc(-c3ccccc3C)cc2)c2cccc3c2c2ccccc2n3-c2nc(-c3ccccc3)nc(-c3ccccc3)n2)cc1. The monoisotopic (exact) mass is 685 g/mol. The summed E-state index contributed by atoms with van der Waals surface area (Å²) in [6, 6.07) is 60.7. The van der Waals surface area contributed by atoms with Gasteiger partial charge in [0, 0.05) is 33.3 Å². The van der Waals surface area contributed by atoms with Crippen LogP contribution in [0.4, 0.5) is 17.1 Å². The van der Waals surface area contributed by atoms with Crippen molar-refractivity contribution in [1.29, 1.82) is 0 Å². The van der Waals surface area contributed by atoms with E-state index in [9.17, 15) is 0 Å². The zero-order valence-electron chi connectivity index (χ0n) is 29.4. The molecule has 0 atom stereocenters. The molecular formula is C47H35N5O. The largest absolute Gasteiger partial charge is 0.497 e. The minimum Gasteiger partial charge on any atom is -0.497 e. The molecule has 7 aromatic carbocycles. The molecule has 9 aromatic rings. The first-order valence-electron chi connectivity index (χ1n) is 17.7. The van der Waals surface area contributed by atoms with Gasteiger partial charge in [0.1, 0.15) is 5.75 Å². The van der Waals surface area contributed by atoms with E-state index in [0.29, 0.717) is 17.6 Å². The quantitative estimate of drug-likeness (QED) is 0.159. The Morgan fingerprint density at radius 1 is 0.491 bits per heavy atom. The highest BCUT2D eigenvalue weighted by Gasteiger charge is 2.23. The van der Waals surface area contributed by atoms with Gasteiger partial charge in [-0.3, -0.25) is 4.57 Å². The van der Waals surface area contributed by atoms with Gasteiger partial charge < -0.3 is 9.64 Å². The van der Waals surface area contributed by atoms with Crippen LogP contribution in [0.2, 0.25) is 0 Å². The van der Waals surface area contributed by atoms with Crippen LogP contribution in [0, 0.1) is 6.92 Å². The number of aromatic nitrogens is 4. The standard InChI is InChI=1S/C47H35N5O/c1-32-14-9-10-19-39(32)33-24-26-36(27-25-33)51(37-28-30-38(53-2)31-29-37)42-22-13-23-43-44(42)40-20-11-12-21-41(40)52(43)47-49-45(34-15-5-3-6-16-34)48-46(50-47)35-17-7-4-8-18-35/h3-31H,1-2H3. The highest BCUT2D eigenvalue weighted by atomic mass is 16.5. The fourth-order valence-electron chi connectivity index (χ4n) is 7.14. The fourth-order valence-corrected chi connectivity index (χ4v) is 7.14. The summed E-state index contributed by atoms with van der Waals surface area (Å²) in [5, 5.41) is 2.18. The third-order valence-electron chi connectivity index (χ3n) is 9.72. The Balaban J connectivity index is 1.28. The molecule has 2 aromatic heterocycles. The van der Waals surface area contributed by atoms with Gasteiger partial charge in [0.15, 0.2) is 11.6 Å². The van der Waals surface area contributed by atoms with Gasteiger partial charge in [0.25, 0.3) is 0 Å². The molecule has 0 aliphatic rings. The van der Waals surface area contributed by atoms with Crippen molar-refractivity contribution in [1.82, 2.24) is 19.5 Å². The predicted molar refractivity (Wildman–Crippen MR) is 216 cm³/mol. The lowest BCUT2D eigenvalue weighted by molar-refractivity contribution is 0.415. The number of nitrogens with zero attached hydrogens (tertiary/aromatic N) is 5. The lowest BCUT2D eigenvalue weighted by atomic mass is 10.00. The van der Waals surface area contributed by atoms with Crippen LogP contribution in [-0.2, 0) is 0 Å². The van der Waals surface area contributed by atoms with Gasteiger partial charge in [-0.1, -0.05) is 121 Å². The number of anilines is 3. The summed E-state index contributed by atoms with van der Waals surface area (Å²) in [4.78, 5) is 17.6. The minimum absolute atomic E-state index is 0.555. The number of aryl methyl sites for hydroxylation is 1. The van der Waals surface area contributed by atoms with Crippen LogP contribution >= 0.6 is 0 Å². The Kier molecular flexibility index (Phi) is 8.18. The summed E-state index contributed by atoms with van der Waals surface area (Å²) in [5.41, 5.74) is 10.6. The molecule has 6 nitrogen and oxygen atoms in total. The van der Waals surface area contributed by atoms with Crippen molar-refractivity contribution in [2.75, 3.05) is 12.0 Å². The maximum Gasteiger partial charge on any atom is 0.238 e. The maximum atomic E-state index is 5.56. The number of methoxy groups -OCH3 is 1. The molecule has 0 fully saturated rings. The van der Waals surface area contributed by atoms with Crippen molar-refractivity contribution in [2.45, 2.75) is 6.92 Å². The maximum absolute atomic E-state index is 5.56. The molecule has 0 aliphatic carbocycles. The van der Waals surface area contributed by atoms with Crippen molar-refractivity contribution in [2.24, 2.45) is 0 Å². The van der Waals surface area contributed by atoms with Crippen LogP contribution < -0.4 is 9.64 Å². The molecule has 0 radical (unpaired) electrons. The van der Waals surface area contributed by atoms with E-state index < -0.39 is 0 Å². The number of rotatable bonds is 8. The molecule has 6 heteroatoms. The summed E-state index contributed by atoms with van der Waals surface area (Å²) < 4.78 is 7.73. The second kappa shape index (κ2) is 13.6. The topological polar surface area (TPSA) is 56.1 Å². The average molecular weight is 686 g/mol. The third kappa shape index (κ3) is 5.86. The number of para-hydroxylation sites is 1. The van der Waals surface area contributed by atoms with E-state index in [1.165, 1.54) is 16.7 Å². The van der Waals surface area contributed by atoms with E-state index in [4.69, 9.17) is 19.7 Å². The molecule has 2 heterocycles. The van der Waals surface area contributed by atoms with E-state index in [1.54, 1.807) is 7.11 Å². The van der Waals surface area contributed by atoms with E-state index >= 15 is 0 Å². The van der Waals surface area contributed by atoms with Gasteiger partial charge >= 0.3 is 0 Å². The number of benzene rings is 7. The molecule has 0 unspecified atom stereocenters. The highest BCUT2D eigenvalue weighted by molar-refractivity contribution is 6.16. The number of hydrogen-bond donors (Lipinski definition) is 0. The van der Waals surface area contributed by atoms with Crippen LogP contribution in [0.5, 0.6) is 5.75 Å². The second-order valence-corrected chi connectivity index (χ2v) is 12.9. The minimum atomic E-state index is 0.555. The van der Waals surface area contributed by atoms with Crippen molar-refractivity contribution >= 4 is 38.9 Å². The Labute approximate surface area is 308 Å². The number of fused-ring (bicyclic) bond motifs is 3. The van der Waals surface area contributed by atoms with Crippen molar-refractivity contribution < 1.29 is 4.74 Å². The average Bonchev–Trinajstić information content (AvgIpc) is 3.57. The Morgan fingerprint density at radius 2 is 1.06 bits per heavy atom. The molecule has 53 heavy (non-hydrogen) atoms. The highest BCUT2D eigenvalue weighted by Crippen LogP contribution is 2.44. The molecule has 9 rings (SSSR count). The third-order valence-corrected chi connectivity index (χ3v) is 9.72. The summed E-state index contributed by atoms with van der Waals surface area (Å²) in [5.74, 6) is 2.59. The van der Waals surface area contributed by atoms with Gasteiger partial charge in [-0.25, -0.2) is 4.98 Å². The molecule has 254 valence electrons. The van der Waals surface area contributed by atoms with Crippen LogP contribution in [0.15, 0.2) is 176 Å². The van der Waals surface area contributed by atoms with Crippen LogP contribution in [0.3, 0.4) is 0 Å². The molecule has 0 N–H and O–H groups in total. The van der Waals surface area contributed by atoms with E-state index in [2.05, 4.69) is 120 Å². The first kappa shape index (κ1) is 31.9. The van der Waals surface area contributed by atoms with Crippen LogP contribution in [-0.4, -0.2) is 26.6 Å². The van der Waals surface area contributed by atoms with E-state index in [-0.39, 0.29) is 0 Å². The Morgan fingerprint density at radius 3 is 1.70 bits per heavy atom. The molecular weight excluding hydrogens is 651 g/mol. The Hall–Kier alpha value is -7.05. The summed E-state index contributed by atoms with van der Waals surface area (Å²) in [7, 11) is 1.69. The van der Waals surface area contributed by atoms with Crippen molar-refractivity contribution in [3.63, 3.8) is 0 Å². The summed E-state index contributed by atoms with van der Waals surface area (Å²) >= 11 is 0. The van der Waals surface area contributed by atoms with Gasteiger partial charge in [-0.05, 0) is 78.2 Å². The Bertz CT molecular complexity index is 2650. The van der Waals surface area contributed by atoms with E-state index in [0.717, 1.165) is 55.7 Å². The van der Waals surface area contributed by atoms with Crippen molar-refractivity contribution in [3.8, 4) is 45.6 Å². The van der Waals surface area contributed by atoms with Crippen LogP contribution in [0.1, 0.15) is 5.56 Å². The normalized spacial score (nSPS) is 11.2. The molecule has 0 saturated carbocycles. The van der Waals surface area contributed by atoms with Gasteiger partial charge in [0.2, 0.25) is 5.95 Å².